The van der Waals surface area contributed by atoms with Gasteiger partial charge in [0.2, 0.25) is 0 Å². The number of carbonyl (C=O) groups is 1. The van der Waals surface area contributed by atoms with E-state index in [0.717, 1.165) is 6.42 Å². The van der Waals surface area contributed by atoms with E-state index in [1.807, 2.05) is 25.1 Å². The van der Waals surface area contributed by atoms with E-state index >= 15 is 0 Å². The van der Waals surface area contributed by atoms with Crippen LogP contribution in [0.25, 0.3) is 0 Å². The molecule has 0 amide bonds. The Kier molecular flexibility index (Phi) is 3.48. The largest absolute Gasteiger partial charge is 0.469 e. The fourth-order valence-electron chi connectivity index (χ4n) is 2.59. The molecule has 2 rings (SSSR count). The summed E-state index contributed by atoms with van der Waals surface area (Å²) in [4.78, 5) is 11.9. The second kappa shape index (κ2) is 4.88. The first-order valence-corrected chi connectivity index (χ1v) is 5.95. The second-order valence-electron chi connectivity index (χ2n) is 4.50. The first kappa shape index (κ1) is 12.1. The normalized spacial score (nSPS) is 19.2. The van der Waals surface area contributed by atoms with Crippen molar-refractivity contribution in [1.82, 2.24) is 0 Å². The molecule has 1 saturated heterocycles. The van der Waals surface area contributed by atoms with E-state index in [0.29, 0.717) is 13.2 Å². The van der Waals surface area contributed by atoms with Gasteiger partial charge in [0, 0.05) is 0 Å². The minimum Gasteiger partial charge on any atom is -0.469 e. The molecule has 92 valence electrons. The number of esters is 1. The molecule has 1 aliphatic heterocycles. The lowest BCUT2D eigenvalue weighted by Crippen LogP contribution is -2.54. The van der Waals surface area contributed by atoms with Crippen LogP contribution in [0.1, 0.15) is 18.9 Å². The molecule has 0 saturated carbocycles. The van der Waals surface area contributed by atoms with Crippen molar-refractivity contribution in [3.05, 3.63) is 35.9 Å². The first-order chi connectivity index (χ1) is 8.24. The molecule has 3 heteroatoms. The molecule has 1 unspecified atom stereocenters. The quantitative estimate of drug-likeness (QED) is 0.749. The molecule has 1 atom stereocenters. The van der Waals surface area contributed by atoms with Gasteiger partial charge in [0.15, 0.2) is 0 Å². The van der Waals surface area contributed by atoms with Crippen LogP contribution in [0.3, 0.4) is 0 Å². The van der Waals surface area contributed by atoms with Crippen LogP contribution in [-0.2, 0) is 19.7 Å². The number of rotatable bonds is 4. The van der Waals surface area contributed by atoms with Crippen LogP contribution < -0.4 is 0 Å². The Hall–Kier alpha value is -1.35. The topological polar surface area (TPSA) is 35.5 Å². The minimum absolute atomic E-state index is 0.122. The van der Waals surface area contributed by atoms with Crippen molar-refractivity contribution in [2.24, 2.45) is 5.92 Å². The fourth-order valence-corrected chi connectivity index (χ4v) is 2.59. The second-order valence-corrected chi connectivity index (χ2v) is 4.50. The number of hydrogen-bond donors (Lipinski definition) is 0. The van der Waals surface area contributed by atoms with Gasteiger partial charge < -0.3 is 9.47 Å². The zero-order valence-electron chi connectivity index (χ0n) is 10.3. The molecule has 0 N–H and O–H groups in total. The minimum atomic E-state index is -0.191. The lowest BCUT2D eigenvalue weighted by atomic mass is 9.67. The van der Waals surface area contributed by atoms with Crippen LogP contribution >= 0.6 is 0 Å². The summed E-state index contributed by atoms with van der Waals surface area (Å²) in [7, 11) is 1.45. The predicted octanol–water partition coefficient (Wildman–Crippen LogP) is 2.15. The Labute approximate surface area is 102 Å². The fraction of sp³-hybridized carbons (Fsp3) is 0.500. The summed E-state index contributed by atoms with van der Waals surface area (Å²) in [5.41, 5.74) is 0.979. The summed E-state index contributed by atoms with van der Waals surface area (Å²) in [5, 5.41) is 0. The smallest absolute Gasteiger partial charge is 0.309 e. The SMILES string of the molecule is CCC(C(=O)OC)C1(c2ccccc2)COC1. The van der Waals surface area contributed by atoms with Gasteiger partial charge in [0.25, 0.3) is 0 Å². The van der Waals surface area contributed by atoms with Gasteiger partial charge in [-0.15, -0.1) is 0 Å². The van der Waals surface area contributed by atoms with Crippen LogP contribution in [0.2, 0.25) is 0 Å². The van der Waals surface area contributed by atoms with Gasteiger partial charge in [-0.05, 0) is 12.0 Å². The molecule has 1 aromatic carbocycles. The van der Waals surface area contributed by atoms with Crippen molar-refractivity contribution in [2.45, 2.75) is 18.8 Å². The predicted molar refractivity (Wildman–Crippen MR) is 64.7 cm³/mol. The zero-order chi connectivity index (χ0) is 12.3. The zero-order valence-corrected chi connectivity index (χ0v) is 10.3. The van der Waals surface area contributed by atoms with Gasteiger partial charge in [0.05, 0.1) is 31.7 Å². The summed E-state index contributed by atoms with van der Waals surface area (Å²) in [5.74, 6) is -0.261. The molecule has 1 fully saturated rings. The first-order valence-electron chi connectivity index (χ1n) is 5.95. The van der Waals surface area contributed by atoms with Gasteiger partial charge >= 0.3 is 5.97 Å². The highest BCUT2D eigenvalue weighted by Gasteiger charge is 2.49. The van der Waals surface area contributed by atoms with E-state index in [1.165, 1.54) is 12.7 Å². The number of hydrogen-bond acceptors (Lipinski definition) is 3. The number of carbonyl (C=O) groups excluding carboxylic acids is 1. The highest BCUT2D eigenvalue weighted by atomic mass is 16.5. The van der Waals surface area contributed by atoms with Crippen molar-refractivity contribution in [3.63, 3.8) is 0 Å². The molecule has 1 heterocycles. The summed E-state index contributed by atoms with van der Waals surface area (Å²) in [6, 6.07) is 10.1. The van der Waals surface area contributed by atoms with Crippen molar-refractivity contribution in [1.29, 1.82) is 0 Å². The van der Waals surface area contributed by atoms with Crippen LogP contribution in [0, 0.1) is 5.92 Å². The Morgan fingerprint density at radius 1 is 1.41 bits per heavy atom. The van der Waals surface area contributed by atoms with E-state index in [-0.39, 0.29) is 17.3 Å². The lowest BCUT2D eigenvalue weighted by Gasteiger charge is -2.46. The summed E-state index contributed by atoms with van der Waals surface area (Å²) >= 11 is 0. The molecule has 0 radical (unpaired) electrons. The van der Waals surface area contributed by atoms with Crippen molar-refractivity contribution < 1.29 is 14.3 Å². The molecule has 0 aromatic heterocycles. The van der Waals surface area contributed by atoms with Gasteiger partial charge in [0.1, 0.15) is 0 Å². The lowest BCUT2D eigenvalue weighted by molar-refractivity contribution is -0.160. The van der Waals surface area contributed by atoms with Crippen LogP contribution in [0.5, 0.6) is 0 Å². The molecule has 0 spiro atoms. The Bertz CT molecular complexity index is 382. The standard InChI is InChI=1S/C14H18O3/c1-3-12(13(15)16-2)14(9-17-10-14)11-7-5-4-6-8-11/h4-8,12H,3,9-10H2,1-2H3. The third-order valence-corrected chi connectivity index (χ3v) is 3.63. The van der Waals surface area contributed by atoms with Gasteiger partial charge in [-0.2, -0.15) is 0 Å². The maximum absolute atomic E-state index is 11.9. The van der Waals surface area contributed by atoms with Crippen LogP contribution in [-0.4, -0.2) is 26.3 Å². The highest BCUT2D eigenvalue weighted by Crippen LogP contribution is 2.41. The van der Waals surface area contributed by atoms with Crippen LogP contribution in [0.4, 0.5) is 0 Å². The molecule has 17 heavy (non-hydrogen) atoms. The Balaban J connectivity index is 2.34. The number of methoxy groups -OCH3 is 1. The Morgan fingerprint density at radius 2 is 2.06 bits per heavy atom. The molecule has 0 bridgehead atoms. The van der Waals surface area contributed by atoms with Crippen molar-refractivity contribution >= 4 is 5.97 Å². The van der Waals surface area contributed by atoms with Gasteiger partial charge in [-0.1, -0.05) is 37.3 Å². The van der Waals surface area contributed by atoms with Gasteiger partial charge in [-0.25, -0.2) is 0 Å². The third kappa shape index (κ3) is 1.95. The van der Waals surface area contributed by atoms with E-state index in [4.69, 9.17) is 9.47 Å². The molecular weight excluding hydrogens is 216 g/mol. The maximum Gasteiger partial charge on any atom is 0.309 e. The van der Waals surface area contributed by atoms with Crippen molar-refractivity contribution in [2.75, 3.05) is 20.3 Å². The third-order valence-electron chi connectivity index (χ3n) is 3.63. The molecular formula is C14H18O3. The van der Waals surface area contributed by atoms with E-state index in [1.54, 1.807) is 0 Å². The monoisotopic (exact) mass is 234 g/mol. The van der Waals surface area contributed by atoms with E-state index in [2.05, 4.69) is 12.1 Å². The maximum atomic E-state index is 11.9. The molecule has 0 aliphatic carbocycles. The van der Waals surface area contributed by atoms with Crippen LogP contribution in [0.15, 0.2) is 30.3 Å². The number of benzene rings is 1. The average Bonchev–Trinajstić information content (AvgIpc) is 2.33. The van der Waals surface area contributed by atoms with E-state index in [9.17, 15) is 4.79 Å². The summed E-state index contributed by atoms with van der Waals surface area (Å²) in [6.45, 7) is 3.22. The van der Waals surface area contributed by atoms with Gasteiger partial charge in [-0.3, -0.25) is 4.79 Å². The summed E-state index contributed by atoms with van der Waals surface area (Å²) < 4.78 is 10.3. The Morgan fingerprint density at radius 3 is 2.47 bits per heavy atom. The molecule has 1 aliphatic rings. The van der Waals surface area contributed by atoms with E-state index < -0.39 is 0 Å². The summed E-state index contributed by atoms with van der Waals surface area (Å²) in [6.07, 6.45) is 0.769. The average molecular weight is 234 g/mol. The molecule has 1 aromatic rings. The highest BCUT2D eigenvalue weighted by molar-refractivity contribution is 5.75. The van der Waals surface area contributed by atoms with Crippen molar-refractivity contribution in [3.8, 4) is 0 Å². The molecule has 3 nitrogen and oxygen atoms in total. The number of ether oxygens (including phenoxy) is 2.